The topological polar surface area (TPSA) is 59.3 Å². The molecule has 7 heteroatoms. The van der Waals surface area contributed by atoms with E-state index in [1.807, 2.05) is 6.07 Å². The van der Waals surface area contributed by atoms with Crippen LogP contribution < -0.4 is 0 Å². The number of nitriles is 1. The lowest BCUT2D eigenvalue weighted by Crippen LogP contribution is -2.47. The van der Waals surface area contributed by atoms with Gasteiger partial charge in [-0.15, -0.1) is 0 Å². The third-order valence-electron chi connectivity index (χ3n) is 3.31. The summed E-state index contributed by atoms with van der Waals surface area (Å²) in [5, 5.41) is 8.59. The van der Waals surface area contributed by atoms with Crippen molar-refractivity contribution in [1.29, 1.82) is 5.26 Å². The molecule has 0 bridgehead atoms. The maximum Gasteiger partial charge on any atom is 0.335 e. The summed E-state index contributed by atoms with van der Waals surface area (Å²) >= 11 is 0. The second-order valence-corrected chi connectivity index (χ2v) is 15.5. The standard InChI is InChI=1S/C15H29NO3S2Si/c1-14(2,3)21-20-11-12(13(17)18-10-9-16)19-22(7,8)15(4,5)6/h12H,10-11H2,1-8H3. The highest BCUT2D eigenvalue weighted by Gasteiger charge is 2.41. The highest BCUT2D eigenvalue weighted by molar-refractivity contribution is 8.77. The van der Waals surface area contributed by atoms with Gasteiger partial charge in [-0.1, -0.05) is 63.1 Å². The lowest BCUT2D eigenvalue weighted by atomic mass is 10.2. The normalized spacial score (nSPS) is 14.3. The second kappa shape index (κ2) is 8.62. The van der Waals surface area contributed by atoms with E-state index in [0.29, 0.717) is 5.75 Å². The number of carbonyl (C=O) groups is 1. The number of ether oxygens (including phenoxy) is 1. The van der Waals surface area contributed by atoms with E-state index in [0.717, 1.165) is 0 Å². The van der Waals surface area contributed by atoms with E-state index < -0.39 is 20.4 Å². The Hall–Kier alpha value is -0.163. The summed E-state index contributed by atoms with van der Waals surface area (Å²) in [6, 6.07) is 1.83. The number of hydrogen-bond acceptors (Lipinski definition) is 6. The largest absolute Gasteiger partial charge is 0.448 e. The summed E-state index contributed by atoms with van der Waals surface area (Å²) in [7, 11) is 1.26. The number of esters is 1. The first-order valence-electron chi connectivity index (χ1n) is 7.32. The Kier molecular flexibility index (Phi) is 8.56. The van der Waals surface area contributed by atoms with Crippen LogP contribution in [-0.4, -0.2) is 37.5 Å². The Morgan fingerprint density at radius 3 is 2.18 bits per heavy atom. The van der Waals surface area contributed by atoms with Crippen LogP contribution in [0.3, 0.4) is 0 Å². The smallest absolute Gasteiger partial charge is 0.335 e. The van der Waals surface area contributed by atoms with Crippen LogP contribution in [0.1, 0.15) is 41.5 Å². The molecule has 0 saturated carbocycles. The van der Waals surface area contributed by atoms with Gasteiger partial charge in [0.15, 0.2) is 21.0 Å². The van der Waals surface area contributed by atoms with E-state index in [9.17, 15) is 4.79 Å². The van der Waals surface area contributed by atoms with Gasteiger partial charge in [0.25, 0.3) is 0 Å². The Labute approximate surface area is 144 Å². The molecular formula is C15H29NO3S2Si. The minimum atomic E-state index is -2.07. The third-order valence-corrected chi connectivity index (χ3v) is 11.1. The lowest BCUT2D eigenvalue weighted by Gasteiger charge is -2.38. The molecule has 0 heterocycles. The van der Waals surface area contributed by atoms with Gasteiger partial charge in [0.1, 0.15) is 6.07 Å². The molecule has 4 nitrogen and oxygen atoms in total. The molecule has 0 N–H and O–H groups in total. The molecule has 22 heavy (non-hydrogen) atoms. The van der Waals surface area contributed by atoms with E-state index in [-0.39, 0.29) is 16.4 Å². The minimum Gasteiger partial charge on any atom is -0.448 e. The Morgan fingerprint density at radius 1 is 1.23 bits per heavy atom. The predicted octanol–water partition coefficient (Wildman–Crippen LogP) is 4.62. The van der Waals surface area contributed by atoms with Gasteiger partial charge in [0, 0.05) is 10.5 Å². The molecule has 0 saturated heterocycles. The van der Waals surface area contributed by atoms with E-state index in [4.69, 9.17) is 14.4 Å². The van der Waals surface area contributed by atoms with E-state index in [1.165, 1.54) is 0 Å². The van der Waals surface area contributed by atoms with Gasteiger partial charge >= 0.3 is 5.97 Å². The first-order valence-corrected chi connectivity index (χ1v) is 12.5. The Morgan fingerprint density at radius 2 is 1.77 bits per heavy atom. The van der Waals surface area contributed by atoms with Gasteiger partial charge in [-0.25, -0.2) is 4.79 Å². The van der Waals surface area contributed by atoms with Gasteiger partial charge in [0.05, 0.1) is 0 Å². The van der Waals surface area contributed by atoms with Crippen LogP contribution in [0.25, 0.3) is 0 Å². The molecule has 0 aliphatic heterocycles. The second-order valence-electron chi connectivity index (χ2n) is 7.61. The molecule has 0 aromatic heterocycles. The van der Waals surface area contributed by atoms with Crippen LogP contribution in [0.5, 0.6) is 0 Å². The molecule has 1 unspecified atom stereocenters. The first-order chi connectivity index (χ1) is 9.80. The minimum absolute atomic E-state index is 0.0165. The van der Waals surface area contributed by atoms with Gasteiger partial charge in [-0.2, -0.15) is 5.26 Å². The SMILES string of the molecule is CC(C)(C)SSCC(O[Si](C)(C)C(C)(C)C)C(=O)OCC#N. The summed E-state index contributed by atoms with van der Waals surface area (Å²) in [5.41, 5.74) is 0. The average Bonchev–Trinajstić information content (AvgIpc) is 2.31. The van der Waals surface area contributed by atoms with Crippen LogP contribution >= 0.6 is 21.6 Å². The molecule has 0 aromatic rings. The molecule has 0 fully saturated rings. The highest BCUT2D eigenvalue weighted by atomic mass is 33.1. The molecule has 0 spiro atoms. The molecule has 0 aliphatic carbocycles. The summed E-state index contributed by atoms with van der Waals surface area (Å²) in [4.78, 5) is 12.2. The molecule has 1 atom stereocenters. The summed E-state index contributed by atoms with van der Waals surface area (Å²) < 4.78 is 11.3. The summed E-state index contributed by atoms with van der Waals surface area (Å²) in [5.74, 6) is 0.0898. The van der Waals surface area contributed by atoms with Crippen molar-refractivity contribution in [3.8, 4) is 6.07 Å². The van der Waals surface area contributed by atoms with E-state index in [2.05, 4.69) is 54.6 Å². The number of hydrogen-bond donors (Lipinski definition) is 0. The van der Waals surface area contributed by atoms with Crippen LogP contribution in [0.2, 0.25) is 18.1 Å². The van der Waals surface area contributed by atoms with Crippen molar-refractivity contribution < 1.29 is 14.0 Å². The van der Waals surface area contributed by atoms with Crippen LogP contribution in [0.15, 0.2) is 0 Å². The van der Waals surface area contributed by atoms with Gasteiger partial charge in [0.2, 0.25) is 0 Å². The Bertz CT molecular complexity index is 408. The lowest BCUT2D eigenvalue weighted by molar-refractivity contribution is -0.149. The van der Waals surface area contributed by atoms with Crippen molar-refractivity contribution >= 4 is 35.9 Å². The van der Waals surface area contributed by atoms with Crippen molar-refractivity contribution in [1.82, 2.24) is 0 Å². The third kappa shape index (κ3) is 8.46. The molecule has 0 rings (SSSR count). The number of carbonyl (C=O) groups excluding carboxylic acids is 1. The fraction of sp³-hybridized carbons (Fsp3) is 0.867. The number of rotatable bonds is 7. The van der Waals surface area contributed by atoms with Crippen molar-refractivity contribution in [2.75, 3.05) is 12.4 Å². The fourth-order valence-corrected chi connectivity index (χ4v) is 4.90. The van der Waals surface area contributed by atoms with E-state index >= 15 is 0 Å². The van der Waals surface area contributed by atoms with Crippen molar-refractivity contribution in [2.45, 2.75) is 70.5 Å². The molecule has 0 aromatic carbocycles. The fourth-order valence-electron chi connectivity index (χ4n) is 1.15. The summed E-state index contributed by atoms with van der Waals surface area (Å²) in [6.45, 7) is 16.8. The maximum absolute atomic E-state index is 12.2. The molecular weight excluding hydrogens is 334 g/mol. The summed E-state index contributed by atoms with van der Waals surface area (Å²) in [6.07, 6.45) is -0.617. The first kappa shape index (κ1) is 21.8. The Balaban J connectivity index is 4.87. The van der Waals surface area contributed by atoms with Crippen LogP contribution in [-0.2, 0) is 14.0 Å². The van der Waals surface area contributed by atoms with Crippen molar-refractivity contribution in [2.24, 2.45) is 0 Å². The zero-order valence-corrected chi connectivity index (χ0v) is 17.6. The van der Waals surface area contributed by atoms with Gasteiger partial charge in [-0.05, 0) is 18.1 Å². The zero-order chi connectivity index (χ0) is 17.6. The average molecular weight is 364 g/mol. The maximum atomic E-state index is 12.2. The monoisotopic (exact) mass is 363 g/mol. The molecule has 0 amide bonds. The molecule has 128 valence electrons. The quantitative estimate of drug-likeness (QED) is 0.373. The van der Waals surface area contributed by atoms with Crippen LogP contribution in [0.4, 0.5) is 0 Å². The zero-order valence-electron chi connectivity index (χ0n) is 15.0. The molecule has 0 radical (unpaired) electrons. The van der Waals surface area contributed by atoms with Crippen molar-refractivity contribution in [3.63, 3.8) is 0 Å². The van der Waals surface area contributed by atoms with Gasteiger partial charge < -0.3 is 9.16 Å². The van der Waals surface area contributed by atoms with Crippen LogP contribution in [0, 0.1) is 11.3 Å². The highest BCUT2D eigenvalue weighted by Crippen LogP contribution is 2.39. The number of nitrogens with zero attached hydrogens (tertiary/aromatic N) is 1. The molecule has 0 aliphatic rings. The van der Waals surface area contributed by atoms with Crippen molar-refractivity contribution in [3.05, 3.63) is 0 Å². The van der Waals surface area contributed by atoms with E-state index in [1.54, 1.807) is 21.6 Å². The van der Waals surface area contributed by atoms with Gasteiger partial charge in [-0.3, -0.25) is 0 Å². The predicted molar refractivity (Wildman–Crippen MR) is 98.4 cm³/mol.